The van der Waals surface area contributed by atoms with Crippen molar-refractivity contribution in [2.45, 2.75) is 6.92 Å². The highest BCUT2D eigenvalue weighted by Crippen LogP contribution is 2.23. The molecule has 0 fully saturated rings. The molecule has 0 aliphatic rings. The van der Waals surface area contributed by atoms with Gasteiger partial charge in [0.15, 0.2) is 0 Å². The Labute approximate surface area is 87.2 Å². The standard InChI is InChI=1S/C10H11N3O2/c1-2-15-10(14)6-3-4-8(12)7(5-11)9(6)13/h3-4H,2,12-13H2,1H3. The minimum Gasteiger partial charge on any atom is -0.462 e. The predicted octanol–water partition coefficient (Wildman–Crippen LogP) is 0.899. The zero-order chi connectivity index (χ0) is 11.4. The zero-order valence-electron chi connectivity index (χ0n) is 8.28. The minimum absolute atomic E-state index is 0.0657. The number of rotatable bonds is 2. The van der Waals surface area contributed by atoms with E-state index in [1.54, 1.807) is 6.92 Å². The van der Waals surface area contributed by atoms with Crippen LogP contribution in [-0.4, -0.2) is 12.6 Å². The van der Waals surface area contributed by atoms with Crippen LogP contribution in [-0.2, 0) is 4.74 Å². The van der Waals surface area contributed by atoms with Crippen molar-refractivity contribution in [3.8, 4) is 6.07 Å². The fourth-order valence-corrected chi connectivity index (χ4v) is 1.15. The molecule has 0 saturated heterocycles. The smallest absolute Gasteiger partial charge is 0.340 e. The Morgan fingerprint density at radius 2 is 2.20 bits per heavy atom. The molecule has 0 aliphatic carbocycles. The Morgan fingerprint density at radius 1 is 1.53 bits per heavy atom. The van der Waals surface area contributed by atoms with E-state index >= 15 is 0 Å². The van der Waals surface area contributed by atoms with Gasteiger partial charge >= 0.3 is 5.97 Å². The maximum absolute atomic E-state index is 11.4. The van der Waals surface area contributed by atoms with E-state index in [1.807, 2.05) is 6.07 Å². The lowest BCUT2D eigenvalue weighted by molar-refractivity contribution is 0.0527. The van der Waals surface area contributed by atoms with Crippen molar-refractivity contribution < 1.29 is 9.53 Å². The van der Waals surface area contributed by atoms with Gasteiger partial charge in [-0.25, -0.2) is 4.79 Å². The van der Waals surface area contributed by atoms with Gasteiger partial charge in [0.25, 0.3) is 0 Å². The monoisotopic (exact) mass is 205 g/mol. The molecule has 0 atom stereocenters. The van der Waals surface area contributed by atoms with E-state index in [0.29, 0.717) is 0 Å². The van der Waals surface area contributed by atoms with Gasteiger partial charge < -0.3 is 16.2 Å². The molecule has 4 N–H and O–H groups in total. The number of carbonyl (C=O) groups is 1. The van der Waals surface area contributed by atoms with Crippen LogP contribution in [0.3, 0.4) is 0 Å². The van der Waals surface area contributed by atoms with Crippen LogP contribution in [0.15, 0.2) is 12.1 Å². The fraction of sp³-hybridized carbons (Fsp3) is 0.200. The molecule has 1 aromatic carbocycles. The summed E-state index contributed by atoms with van der Waals surface area (Å²) in [4.78, 5) is 11.4. The molecule has 0 bridgehead atoms. The van der Waals surface area contributed by atoms with Crippen LogP contribution in [0, 0.1) is 11.3 Å². The molecule has 0 radical (unpaired) electrons. The van der Waals surface area contributed by atoms with Gasteiger partial charge in [-0.1, -0.05) is 0 Å². The Kier molecular flexibility index (Phi) is 3.13. The number of hydrogen-bond acceptors (Lipinski definition) is 5. The number of nitrogens with two attached hydrogens (primary N) is 2. The molecule has 0 amide bonds. The van der Waals surface area contributed by atoms with Crippen molar-refractivity contribution in [2.75, 3.05) is 18.1 Å². The molecule has 0 spiro atoms. The molecule has 15 heavy (non-hydrogen) atoms. The van der Waals surface area contributed by atoms with Gasteiger partial charge in [0.1, 0.15) is 6.07 Å². The molecular formula is C10H11N3O2. The molecule has 78 valence electrons. The first-order valence-corrected chi connectivity index (χ1v) is 4.37. The molecule has 5 nitrogen and oxygen atoms in total. The lowest BCUT2D eigenvalue weighted by Crippen LogP contribution is -2.10. The maximum Gasteiger partial charge on any atom is 0.340 e. The third kappa shape index (κ3) is 1.99. The summed E-state index contributed by atoms with van der Waals surface area (Å²) in [5.74, 6) is -0.550. The Hall–Kier alpha value is -2.22. The van der Waals surface area contributed by atoms with E-state index < -0.39 is 5.97 Å². The molecule has 0 saturated carbocycles. The molecule has 1 aromatic rings. The summed E-state index contributed by atoms with van der Waals surface area (Å²) in [5.41, 5.74) is 11.7. The number of nitrogens with zero attached hydrogens (tertiary/aromatic N) is 1. The van der Waals surface area contributed by atoms with Gasteiger partial charge in [-0.3, -0.25) is 0 Å². The second kappa shape index (κ2) is 4.33. The maximum atomic E-state index is 11.4. The van der Waals surface area contributed by atoms with Crippen molar-refractivity contribution in [3.05, 3.63) is 23.3 Å². The second-order valence-electron chi connectivity index (χ2n) is 2.82. The molecule has 0 aromatic heterocycles. The molecular weight excluding hydrogens is 194 g/mol. The van der Waals surface area contributed by atoms with E-state index in [0.717, 1.165) is 0 Å². The number of nitriles is 1. The Morgan fingerprint density at radius 3 is 2.73 bits per heavy atom. The van der Waals surface area contributed by atoms with Crippen molar-refractivity contribution in [3.63, 3.8) is 0 Å². The minimum atomic E-state index is -0.550. The summed E-state index contributed by atoms with van der Waals surface area (Å²) in [6.07, 6.45) is 0. The first-order valence-electron chi connectivity index (χ1n) is 4.37. The molecule has 0 aliphatic heterocycles. The fourth-order valence-electron chi connectivity index (χ4n) is 1.15. The quantitative estimate of drug-likeness (QED) is 0.551. The highest BCUT2D eigenvalue weighted by Gasteiger charge is 2.15. The first kappa shape index (κ1) is 10.9. The Balaban J connectivity index is 3.23. The number of nitrogen functional groups attached to an aromatic ring is 2. The molecule has 0 unspecified atom stereocenters. The average Bonchev–Trinajstić information content (AvgIpc) is 2.18. The second-order valence-corrected chi connectivity index (χ2v) is 2.82. The van der Waals surface area contributed by atoms with Gasteiger partial charge in [0, 0.05) is 0 Å². The molecule has 5 heteroatoms. The molecule has 1 rings (SSSR count). The lowest BCUT2D eigenvalue weighted by Gasteiger charge is -2.07. The summed E-state index contributed by atoms with van der Waals surface area (Å²) < 4.78 is 4.78. The zero-order valence-corrected chi connectivity index (χ0v) is 8.28. The number of hydrogen-bond donors (Lipinski definition) is 2. The SMILES string of the molecule is CCOC(=O)c1ccc(N)c(C#N)c1N. The predicted molar refractivity (Wildman–Crippen MR) is 55.9 cm³/mol. The van der Waals surface area contributed by atoms with Crippen LogP contribution < -0.4 is 11.5 Å². The van der Waals surface area contributed by atoms with Gasteiger partial charge in [0.05, 0.1) is 29.1 Å². The number of ether oxygens (including phenoxy) is 1. The summed E-state index contributed by atoms with van der Waals surface area (Å²) in [5, 5.41) is 8.77. The molecule has 0 heterocycles. The summed E-state index contributed by atoms with van der Waals surface area (Å²) in [6.45, 7) is 1.95. The lowest BCUT2D eigenvalue weighted by atomic mass is 10.1. The van der Waals surface area contributed by atoms with Crippen LogP contribution in [0.4, 0.5) is 11.4 Å². The first-order chi connectivity index (χ1) is 7.11. The summed E-state index contributed by atoms with van der Waals surface area (Å²) in [7, 11) is 0. The topological polar surface area (TPSA) is 102 Å². The summed E-state index contributed by atoms with van der Waals surface area (Å²) >= 11 is 0. The van der Waals surface area contributed by atoms with Crippen LogP contribution in [0.25, 0.3) is 0 Å². The van der Waals surface area contributed by atoms with Crippen LogP contribution in [0.5, 0.6) is 0 Å². The highest BCUT2D eigenvalue weighted by molar-refractivity contribution is 5.97. The number of carbonyl (C=O) groups excluding carboxylic acids is 1. The van der Waals surface area contributed by atoms with Crippen LogP contribution in [0.2, 0.25) is 0 Å². The van der Waals surface area contributed by atoms with Gasteiger partial charge in [-0.2, -0.15) is 5.26 Å². The highest BCUT2D eigenvalue weighted by atomic mass is 16.5. The van der Waals surface area contributed by atoms with Crippen molar-refractivity contribution in [2.24, 2.45) is 0 Å². The third-order valence-electron chi connectivity index (χ3n) is 1.88. The van der Waals surface area contributed by atoms with Crippen molar-refractivity contribution in [1.29, 1.82) is 5.26 Å². The number of benzene rings is 1. The van der Waals surface area contributed by atoms with Gasteiger partial charge in [-0.15, -0.1) is 0 Å². The van der Waals surface area contributed by atoms with Crippen LogP contribution in [0.1, 0.15) is 22.8 Å². The van der Waals surface area contributed by atoms with Gasteiger partial charge in [-0.05, 0) is 19.1 Å². The van der Waals surface area contributed by atoms with Gasteiger partial charge in [0.2, 0.25) is 0 Å². The van der Waals surface area contributed by atoms with Crippen molar-refractivity contribution >= 4 is 17.3 Å². The van der Waals surface area contributed by atoms with Crippen molar-refractivity contribution in [1.82, 2.24) is 0 Å². The Bertz CT molecular complexity index is 435. The summed E-state index contributed by atoms with van der Waals surface area (Å²) in [6, 6.07) is 4.75. The van der Waals surface area contributed by atoms with E-state index in [-0.39, 0.29) is 29.1 Å². The number of esters is 1. The van der Waals surface area contributed by atoms with Crippen LogP contribution >= 0.6 is 0 Å². The van der Waals surface area contributed by atoms with E-state index in [2.05, 4.69) is 0 Å². The van der Waals surface area contributed by atoms with E-state index in [4.69, 9.17) is 21.5 Å². The third-order valence-corrected chi connectivity index (χ3v) is 1.88. The van der Waals surface area contributed by atoms with E-state index in [9.17, 15) is 4.79 Å². The van der Waals surface area contributed by atoms with E-state index in [1.165, 1.54) is 12.1 Å². The normalized spacial score (nSPS) is 9.33. The number of anilines is 2. The largest absolute Gasteiger partial charge is 0.462 e. The average molecular weight is 205 g/mol.